The maximum atomic E-state index is 12.6. The zero-order valence-electron chi connectivity index (χ0n) is 13.6. The number of benzene rings is 1. The Morgan fingerprint density at radius 1 is 1.21 bits per heavy atom. The molecule has 0 atom stereocenters. The second kappa shape index (κ2) is 7.60. The molecule has 0 spiro atoms. The van der Waals surface area contributed by atoms with Gasteiger partial charge < -0.3 is 4.57 Å². The van der Waals surface area contributed by atoms with Gasteiger partial charge in [-0.25, -0.2) is 0 Å². The minimum absolute atomic E-state index is 0.167. The van der Waals surface area contributed by atoms with Gasteiger partial charge in [0, 0.05) is 31.7 Å². The molecule has 2 heterocycles. The average Bonchev–Trinajstić information content (AvgIpc) is 3.18. The summed E-state index contributed by atoms with van der Waals surface area (Å²) in [6.45, 7) is 4.91. The number of nitrogens with zero attached hydrogens (tertiary/aromatic N) is 1. The summed E-state index contributed by atoms with van der Waals surface area (Å²) < 4.78 is 2.21. The minimum atomic E-state index is 0.167. The van der Waals surface area contributed by atoms with E-state index in [0.29, 0.717) is 10.8 Å². The van der Waals surface area contributed by atoms with Crippen LogP contribution in [-0.2, 0) is 6.54 Å². The second-order valence-corrected chi connectivity index (χ2v) is 8.13. The summed E-state index contributed by atoms with van der Waals surface area (Å²) in [7, 11) is 0. The van der Waals surface area contributed by atoms with Gasteiger partial charge in [0.25, 0.3) is 0 Å². The highest BCUT2D eigenvalue weighted by Crippen LogP contribution is 2.24. The summed E-state index contributed by atoms with van der Waals surface area (Å²) in [4.78, 5) is 15.0. The van der Waals surface area contributed by atoms with E-state index in [0.717, 1.165) is 28.4 Å². The molecule has 0 aliphatic carbocycles. The van der Waals surface area contributed by atoms with Crippen LogP contribution >= 0.6 is 34.7 Å². The zero-order chi connectivity index (χ0) is 17.1. The van der Waals surface area contributed by atoms with Crippen molar-refractivity contribution in [3.63, 3.8) is 0 Å². The predicted molar refractivity (Wildman–Crippen MR) is 104 cm³/mol. The lowest BCUT2D eigenvalue weighted by Crippen LogP contribution is -2.07. The predicted octanol–water partition coefficient (Wildman–Crippen LogP) is 5.84. The first-order chi connectivity index (χ1) is 11.5. The van der Waals surface area contributed by atoms with E-state index >= 15 is 0 Å². The molecule has 0 amide bonds. The number of carbonyl (C=O) groups is 1. The Hall–Kier alpha value is -1.49. The third-order valence-corrected chi connectivity index (χ3v) is 6.08. The zero-order valence-corrected chi connectivity index (χ0v) is 16.0. The SMILES string of the molecule is Cc1cc(C(=O)CSc2ccc(Cl)cc2)c(C)n1Cc1cccs1. The van der Waals surface area contributed by atoms with Crippen molar-refractivity contribution < 1.29 is 4.79 Å². The molecule has 24 heavy (non-hydrogen) atoms. The molecule has 3 rings (SSSR count). The summed E-state index contributed by atoms with van der Waals surface area (Å²) in [6.07, 6.45) is 0. The molecule has 0 fully saturated rings. The quantitative estimate of drug-likeness (QED) is 0.398. The van der Waals surface area contributed by atoms with Crippen molar-refractivity contribution in [3.8, 4) is 0 Å². The first-order valence-electron chi connectivity index (χ1n) is 7.65. The molecular weight excluding hydrogens is 358 g/mol. The van der Waals surface area contributed by atoms with Gasteiger partial charge in [-0.1, -0.05) is 17.7 Å². The van der Waals surface area contributed by atoms with Crippen LogP contribution in [0.1, 0.15) is 26.6 Å². The lowest BCUT2D eigenvalue weighted by atomic mass is 10.2. The van der Waals surface area contributed by atoms with Gasteiger partial charge in [0.15, 0.2) is 5.78 Å². The number of carbonyl (C=O) groups excluding carboxylic acids is 1. The van der Waals surface area contributed by atoms with Gasteiger partial charge in [-0.3, -0.25) is 4.79 Å². The van der Waals surface area contributed by atoms with Crippen LogP contribution in [0, 0.1) is 13.8 Å². The number of rotatable bonds is 6. The molecule has 0 saturated heterocycles. The summed E-state index contributed by atoms with van der Waals surface area (Å²) in [5, 5.41) is 2.79. The molecule has 1 aromatic carbocycles. The molecule has 0 radical (unpaired) electrons. The average molecular weight is 376 g/mol. The van der Waals surface area contributed by atoms with Crippen molar-refractivity contribution in [2.24, 2.45) is 0 Å². The fraction of sp³-hybridized carbons (Fsp3) is 0.211. The minimum Gasteiger partial charge on any atom is -0.343 e. The Morgan fingerprint density at radius 3 is 2.62 bits per heavy atom. The third-order valence-electron chi connectivity index (χ3n) is 3.95. The van der Waals surface area contributed by atoms with E-state index in [1.807, 2.05) is 37.3 Å². The Kier molecular flexibility index (Phi) is 5.49. The number of hydrogen-bond acceptors (Lipinski definition) is 3. The van der Waals surface area contributed by atoms with Crippen LogP contribution < -0.4 is 0 Å². The maximum absolute atomic E-state index is 12.6. The van der Waals surface area contributed by atoms with E-state index in [1.54, 1.807) is 23.1 Å². The molecule has 0 aliphatic rings. The van der Waals surface area contributed by atoms with Crippen LogP contribution in [-0.4, -0.2) is 16.1 Å². The first-order valence-corrected chi connectivity index (χ1v) is 9.89. The van der Waals surface area contributed by atoms with E-state index in [2.05, 4.69) is 29.0 Å². The highest BCUT2D eigenvalue weighted by atomic mass is 35.5. The van der Waals surface area contributed by atoms with Gasteiger partial charge in [0.1, 0.15) is 0 Å². The normalized spacial score (nSPS) is 11.0. The number of aryl methyl sites for hydroxylation is 1. The van der Waals surface area contributed by atoms with Gasteiger partial charge in [0.2, 0.25) is 0 Å². The van der Waals surface area contributed by atoms with Gasteiger partial charge >= 0.3 is 0 Å². The van der Waals surface area contributed by atoms with Crippen molar-refractivity contribution in [3.05, 3.63) is 74.7 Å². The number of hydrogen-bond donors (Lipinski definition) is 0. The summed E-state index contributed by atoms with van der Waals surface area (Å²) in [5.41, 5.74) is 2.99. The van der Waals surface area contributed by atoms with Crippen molar-refractivity contribution in [1.29, 1.82) is 0 Å². The van der Waals surface area contributed by atoms with Gasteiger partial charge in [-0.05, 0) is 55.6 Å². The van der Waals surface area contributed by atoms with Crippen LogP contribution in [0.4, 0.5) is 0 Å². The van der Waals surface area contributed by atoms with Crippen LogP contribution in [0.25, 0.3) is 0 Å². The molecule has 0 bridgehead atoms. The lowest BCUT2D eigenvalue weighted by Gasteiger charge is -2.08. The number of ketones is 1. The van der Waals surface area contributed by atoms with Crippen molar-refractivity contribution in [2.45, 2.75) is 25.3 Å². The van der Waals surface area contributed by atoms with Crippen LogP contribution in [0.15, 0.2) is 52.7 Å². The van der Waals surface area contributed by atoms with Gasteiger partial charge in [-0.15, -0.1) is 23.1 Å². The van der Waals surface area contributed by atoms with E-state index < -0.39 is 0 Å². The number of Topliss-reactive ketones (excluding diaryl/α,β-unsaturated/α-hetero) is 1. The third kappa shape index (κ3) is 3.94. The van der Waals surface area contributed by atoms with Crippen LogP contribution in [0.2, 0.25) is 5.02 Å². The van der Waals surface area contributed by atoms with Crippen LogP contribution in [0.5, 0.6) is 0 Å². The topological polar surface area (TPSA) is 22.0 Å². The molecule has 0 saturated carbocycles. The molecule has 2 nitrogen and oxygen atoms in total. The number of thiophene rings is 1. The van der Waals surface area contributed by atoms with Gasteiger partial charge in [0.05, 0.1) is 12.3 Å². The standard InChI is InChI=1S/C19H18ClNOS2/c1-13-10-18(14(2)21(13)11-17-4-3-9-23-17)19(22)12-24-16-7-5-15(20)6-8-16/h3-10H,11-12H2,1-2H3. The maximum Gasteiger partial charge on any atom is 0.174 e. The Bertz CT molecular complexity index is 835. The fourth-order valence-corrected chi connectivity index (χ4v) is 4.24. The van der Waals surface area contributed by atoms with Crippen molar-refractivity contribution in [1.82, 2.24) is 4.57 Å². The second-order valence-electron chi connectivity index (χ2n) is 5.62. The van der Waals surface area contributed by atoms with Crippen LogP contribution in [0.3, 0.4) is 0 Å². The highest BCUT2D eigenvalue weighted by molar-refractivity contribution is 8.00. The summed E-state index contributed by atoms with van der Waals surface area (Å²) in [6, 6.07) is 13.8. The first kappa shape index (κ1) is 17.3. The Labute approximate surface area is 155 Å². The molecule has 0 aliphatic heterocycles. The summed E-state index contributed by atoms with van der Waals surface area (Å²) >= 11 is 9.18. The Morgan fingerprint density at radius 2 is 1.96 bits per heavy atom. The van der Waals surface area contributed by atoms with E-state index in [4.69, 9.17) is 11.6 Å². The number of halogens is 1. The van der Waals surface area contributed by atoms with Crippen molar-refractivity contribution in [2.75, 3.05) is 5.75 Å². The molecule has 0 N–H and O–H groups in total. The molecule has 5 heteroatoms. The molecule has 0 unspecified atom stereocenters. The largest absolute Gasteiger partial charge is 0.343 e. The highest BCUT2D eigenvalue weighted by Gasteiger charge is 2.16. The Balaban J connectivity index is 1.72. The fourth-order valence-electron chi connectivity index (χ4n) is 2.64. The monoisotopic (exact) mass is 375 g/mol. The smallest absolute Gasteiger partial charge is 0.174 e. The summed E-state index contributed by atoms with van der Waals surface area (Å²) in [5.74, 6) is 0.603. The van der Waals surface area contributed by atoms with E-state index in [9.17, 15) is 4.79 Å². The lowest BCUT2D eigenvalue weighted by molar-refractivity contribution is 0.102. The molecule has 2 aromatic heterocycles. The number of thioether (sulfide) groups is 1. The van der Waals surface area contributed by atoms with E-state index in [1.165, 1.54) is 4.88 Å². The van der Waals surface area contributed by atoms with Crippen molar-refractivity contribution >= 4 is 40.5 Å². The number of aromatic nitrogens is 1. The molecule has 3 aromatic rings. The molecule has 124 valence electrons. The molecular formula is C19H18ClNOS2. The van der Waals surface area contributed by atoms with Gasteiger partial charge in [-0.2, -0.15) is 0 Å². The van der Waals surface area contributed by atoms with E-state index in [-0.39, 0.29) is 5.78 Å².